The van der Waals surface area contributed by atoms with Gasteiger partial charge in [-0.2, -0.15) is 0 Å². The minimum Gasteiger partial charge on any atom is -0.493 e. The van der Waals surface area contributed by atoms with Gasteiger partial charge >= 0.3 is 0 Å². The third-order valence-electron chi connectivity index (χ3n) is 7.07. The summed E-state index contributed by atoms with van der Waals surface area (Å²) in [5.41, 5.74) is 1.65. The molecule has 210 valence electrons. The molecular formula is C30H34N4O6. The van der Waals surface area contributed by atoms with Gasteiger partial charge in [0.15, 0.2) is 18.1 Å². The Labute approximate surface area is 233 Å². The average molecular weight is 547 g/mol. The lowest BCUT2D eigenvalue weighted by Crippen LogP contribution is -2.45. The van der Waals surface area contributed by atoms with E-state index in [0.29, 0.717) is 35.7 Å². The van der Waals surface area contributed by atoms with Crippen molar-refractivity contribution in [2.45, 2.75) is 45.0 Å². The fourth-order valence-electron chi connectivity index (χ4n) is 4.76. The molecule has 4 bridgehead atoms. The Morgan fingerprint density at radius 1 is 1.05 bits per heavy atom. The molecule has 3 aliphatic heterocycles. The molecular weight excluding hydrogens is 512 g/mol. The maximum atomic E-state index is 13.5. The second kappa shape index (κ2) is 11.0. The van der Waals surface area contributed by atoms with E-state index in [4.69, 9.17) is 14.2 Å². The molecule has 0 aliphatic carbocycles. The molecule has 4 heterocycles. The Morgan fingerprint density at radius 2 is 1.82 bits per heavy atom. The third-order valence-corrected chi connectivity index (χ3v) is 7.07. The molecule has 2 aromatic carbocycles. The highest BCUT2D eigenvalue weighted by molar-refractivity contribution is 5.96. The Balaban J connectivity index is 1.43. The zero-order valence-corrected chi connectivity index (χ0v) is 23.1. The maximum Gasteiger partial charge on any atom is 0.258 e. The van der Waals surface area contributed by atoms with Gasteiger partial charge in [0.2, 0.25) is 0 Å². The van der Waals surface area contributed by atoms with Crippen LogP contribution in [0.1, 0.15) is 47.1 Å². The van der Waals surface area contributed by atoms with E-state index in [0.717, 1.165) is 5.56 Å². The fraction of sp³-hybridized carbons (Fsp3) is 0.367. The van der Waals surface area contributed by atoms with Gasteiger partial charge in [-0.25, -0.2) is 0 Å². The summed E-state index contributed by atoms with van der Waals surface area (Å²) in [5, 5.41) is 5.86. The summed E-state index contributed by atoms with van der Waals surface area (Å²) in [5.74, 6) is 0.493. The average Bonchev–Trinajstić information content (AvgIpc) is 3.58. The monoisotopic (exact) mass is 546 g/mol. The first-order chi connectivity index (χ1) is 19.1. The van der Waals surface area contributed by atoms with E-state index in [1.807, 2.05) is 47.3 Å². The standard InChI is InChI=1S/C30H34N4O6/c1-30(2,3)34-12-11-21(15-34)29(37)33-16-23-26(17-33)40-22-8-5-19(6-9-22)14-31-27(35)18-39-25-13-20(28(36)32-23)7-10-24(25)38-4/h5-13,15,23,26H,14,16-18H2,1-4H3,(H,31,35)(H,32,36)/t23-,26-/m0/s1. The second-order valence-corrected chi connectivity index (χ2v) is 11.0. The van der Waals surface area contributed by atoms with Crippen LogP contribution < -0.4 is 24.8 Å². The maximum absolute atomic E-state index is 13.5. The Bertz CT molecular complexity index is 1410. The van der Waals surface area contributed by atoms with Crippen LogP contribution in [-0.2, 0) is 16.9 Å². The number of carbonyl (C=O) groups is 3. The molecule has 2 N–H and O–H groups in total. The van der Waals surface area contributed by atoms with Crippen molar-refractivity contribution >= 4 is 17.7 Å². The quantitative estimate of drug-likeness (QED) is 0.512. The molecule has 0 unspecified atom stereocenters. The van der Waals surface area contributed by atoms with Crippen LogP contribution >= 0.6 is 0 Å². The zero-order chi connectivity index (χ0) is 28.4. The van der Waals surface area contributed by atoms with E-state index in [1.165, 1.54) is 7.11 Å². The number of rotatable bonds is 2. The number of carbonyl (C=O) groups excluding carboxylic acids is 3. The summed E-state index contributed by atoms with van der Waals surface area (Å²) in [7, 11) is 1.49. The number of amides is 3. The van der Waals surface area contributed by atoms with Crippen LogP contribution in [0.3, 0.4) is 0 Å². The van der Waals surface area contributed by atoms with Gasteiger partial charge in [-0.05, 0) is 62.7 Å². The second-order valence-electron chi connectivity index (χ2n) is 11.0. The van der Waals surface area contributed by atoms with E-state index < -0.39 is 12.1 Å². The highest BCUT2D eigenvalue weighted by Crippen LogP contribution is 2.29. The number of nitrogens with zero attached hydrogens (tertiary/aromatic N) is 2. The molecule has 1 aromatic heterocycles. The molecule has 10 nitrogen and oxygen atoms in total. The van der Waals surface area contributed by atoms with Crippen molar-refractivity contribution in [1.82, 2.24) is 20.1 Å². The number of likely N-dealkylation sites (tertiary alicyclic amines) is 1. The topological polar surface area (TPSA) is 111 Å². The molecule has 0 radical (unpaired) electrons. The molecule has 3 amide bonds. The Kier molecular flexibility index (Phi) is 7.42. The molecule has 1 saturated heterocycles. The molecule has 3 aromatic rings. The molecule has 2 atom stereocenters. The number of benzene rings is 2. The van der Waals surface area contributed by atoms with E-state index in [1.54, 1.807) is 23.1 Å². The van der Waals surface area contributed by atoms with Crippen molar-refractivity contribution < 1.29 is 28.6 Å². The van der Waals surface area contributed by atoms with Crippen LogP contribution in [-0.4, -0.2) is 66.1 Å². The van der Waals surface area contributed by atoms with Gasteiger partial charge in [0.25, 0.3) is 17.7 Å². The normalized spacial score (nSPS) is 19.6. The van der Waals surface area contributed by atoms with Crippen molar-refractivity contribution in [2.24, 2.45) is 0 Å². The highest BCUT2D eigenvalue weighted by atomic mass is 16.5. The predicted molar refractivity (Wildman–Crippen MR) is 148 cm³/mol. The van der Waals surface area contributed by atoms with Crippen molar-refractivity contribution in [3.8, 4) is 17.2 Å². The largest absolute Gasteiger partial charge is 0.493 e. The summed E-state index contributed by atoms with van der Waals surface area (Å²) >= 11 is 0. The highest BCUT2D eigenvalue weighted by Gasteiger charge is 2.39. The SMILES string of the molecule is COc1ccc2cc1OCC(=O)NCc1ccc(cc1)O[C@H]1CN(C(=O)c3ccn(C(C)(C)C)c3)C[C@@H]1NC2=O. The summed E-state index contributed by atoms with van der Waals surface area (Å²) in [4.78, 5) is 40.9. The first kappa shape index (κ1) is 27.1. The fourth-order valence-corrected chi connectivity index (χ4v) is 4.76. The summed E-state index contributed by atoms with van der Waals surface area (Å²) in [6.45, 7) is 6.90. The van der Waals surface area contributed by atoms with E-state index in [9.17, 15) is 14.4 Å². The van der Waals surface area contributed by atoms with E-state index in [-0.39, 0.29) is 42.2 Å². The van der Waals surface area contributed by atoms with E-state index in [2.05, 4.69) is 31.4 Å². The third kappa shape index (κ3) is 5.90. The molecule has 1 fully saturated rings. The minimum absolute atomic E-state index is 0.123. The van der Waals surface area contributed by atoms with Gasteiger partial charge in [0, 0.05) is 36.6 Å². The van der Waals surface area contributed by atoms with Gasteiger partial charge in [-0.1, -0.05) is 12.1 Å². The van der Waals surface area contributed by atoms with Crippen molar-refractivity contribution in [3.05, 3.63) is 77.6 Å². The molecule has 10 heteroatoms. The van der Waals surface area contributed by atoms with E-state index >= 15 is 0 Å². The molecule has 6 rings (SSSR count). The molecule has 0 spiro atoms. The Morgan fingerprint density at radius 3 is 2.52 bits per heavy atom. The number of aromatic nitrogens is 1. The Hall–Kier alpha value is -4.47. The molecule has 40 heavy (non-hydrogen) atoms. The van der Waals surface area contributed by atoms with Crippen LogP contribution in [0.4, 0.5) is 0 Å². The summed E-state index contributed by atoms with van der Waals surface area (Å²) < 4.78 is 19.4. The van der Waals surface area contributed by atoms with Crippen molar-refractivity contribution in [1.29, 1.82) is 0 Å². The van der Waals surface area contributed by atoms with Gasteiger partial charge in [-0.15, -0.1) is 0 Å². The first-order valence-corrected chi connectivity index (χ1v) is 13.2. The van der Waals surface area contributed by atoms with Crippen LogP contribution in [0.15, 0.2) is 60.9 Å². The van der Waals surface area contributed by atoms with Gasteiger partial charge < -0.3 is 34.3 Å². The zero-order valence-electron chi connectivity index (χ0n) is 23.1. The van der Waals surface area contributed by atoms with Crippen molar-refractivity contribution in [2.75, 3.05) is 26.8 Å². The van der Waals surface area contributed by atoms with Crippen molar-refractivity contribution in [3.63, 3.8) is 0 Å². The summed E-state index contributed by atoms with van der Waals surface area (Å²) in [6, 6.07) is 13.5. The number of fused-ring (bicyclic) bond motifs is 7. The number of hydrogen-bond donors (Lipinski definition) is 2. The lowest BCUT2D eigenvalue weighted by atomic mass is 10.1. The van der Waals surface area contributed by atoms with Crippen LogP contribution in [0.2, 0.25) is 0 Å². The van der Waals surface area contributed by atoms with Crippen LogP contribution in [0, 0.1) is 0 Å². The van der Waals surface area contributed by atoms with Crippen LogP contribution in [0.5, 0.6) is 17.2 Å². The van der Waals surface area contributed by atoms with Gasteiger partial charge in [0.1, 0.15) is 11.9 Å². The number of methoxy groups -OCH3 is 1. The smallest absolute Gasteiger partial charge is 0.258 e. The molecule has 3 aliphatic rings. The number of ether oxygens (including phenoxy) is 3. The van der Waals surface area contributed by atoms with Crippen LogP contribution in [0.25, 0.3) is 0 Å². The van der Waals surface area contributed by atoms with Gasteiger partial charge in [-0.3, -0.25) is 14.4 Å². The number of nitrogens with one attached hydrogen (secondary N) is 2. The van der Waals surface area contributed by atoms with Gasteiger partial charge in [0.05, 0.1) is 25.3 Å². The number of hydrogen-bond acceptors (Lipinski definition) is 6. The lowest BCUT2D eigenvalue weighted by molar-refractivity contribution is -0.123. The summed E-state index contributed by atoms with van der Waals surface area (Å²) in [6.07, 6.45) is 3.27. The lowest BCUT2D eigenvalue weighted by Gasteiger charge is -2.21. The molecule has 0 saturated carbocycles. The predicted octanol–water partition coefficient (Wildman–Crippen LogP) is 2.96. The minimum atomic E-state index is -0.479. The first-order valence-electron chi connectivity index (χ1n) is 13.2.